The van der Waals surface area contributed by atoms with Gasteiger partial charge in [-0.25, -0.2) is 0 Å². The van der Waals surface area contributed by atoms with Gasteiger partial charge in [0.25, 0.3) is 0 Å². The summed E-state index contributed by atoms with van der Waals surface area (Å²) < 4.78 is 0. The first kappa shape index (κ1) is 12.0. The quantitative estimate of drug-likeness (QED) is 0.306. The lowest BCUT2D eigenvalue weighted by Gasteiger charge is -1.99. The second-order valence-electron chi connectivity index (χ2n) is 3.00. The van der Waals surface area contributed by atoms with Gasteiger partial charge >= 0.3 is 0 Å². The van der Waals surface area contributed by atoms with Crippen molar-refractivity contribution in [1.82, 2.24) is 0 Å². The summed E-state index contributed by atoms with van der Waals surface area (Å²) in [5.41, 5.74) is 1.29. The molecular formula is C13H20. The zero-order chi connectivity index (χ0) is 9.94. The lowest BCUT2D eigenvalue weighted by Crippen LogP contribution is -1.79. The van der Waals surface area contributed by atoms with Crippen LogP contribution in [0.2, 0.25) is 0 Å². The Morgan fingerprint density at radius 2 is 2.00 bits per heavy atom. The molecule has 0 amide bonds. The molecule has 0 saturated heterocycles. The van der Waals surface area contributed by atoms with Crippen LogP contribution in [0.15, 0.2) is 49.1 Å². The lowest BCUT2D eigenvalue weighted by atomic mass is 10.1. The molecule has 0 aliphatic carbocycles. The Hall–Kier alpha value is -1.04. The molecule has 0 spiro atoms. The molecule has 72 valence electrons. The minimum atomic E-state index is 1.12. The third-order valence-electron chi connectivity index (χ3n) is 1.92. The molecule has 0 aromatic heterocycles. The summed E-state index contributed by atoms with van der Waals surface area (Å²) in [6.07, 6.45) is 14.9. The molecule has 0 aliphatic rings. The van der Waals surface area contributed by atoms with E-state index in [2.05, 4.69) is 32.2 Å². The van der Waals surface area contributed by atoms with E-state index in [-0.39, 0.29) is 0 Å². The molecule has 0 bridgehead atoms. The molecule has 0 aromatic rings. The highest BCUT2D eigenvalue weighted by atomic mass is 14.0. The summed E-state index contributed by atoms with van der Waals surface area (Å²) in [5.74, 6) is 0. The van der Waals surface area contributed by atoms with Crippen molar-refractivity contribution < 1.29 is 0 Å². The van der Waals surface area contributed by atoms with Crippen LogP contribution in [-0.2, 0) is 0 Å². The number of hydrogen-bond acceptors (Lipinski definition) is 0. The Kier molecular flexibility index (Phi) is 8.33. The molecule has 0 saturated carbocycles. The predicted molar refractivity (Wildman–Crippen MR) is 61.8 cm³/mol. The first-order valence-corrected chi connectivity index (χ1v) is 4.90. The highest BCUT2D eigenvalue weighted by Gasteiger charge is 1.90. The number of hydrogen-bond donors (Lipinski definition) is 0. The molecule has 0 heterocycles. The van der Waals surface area contributed by atoms with Crippen LogP contribution in [-0.4, -0.2) is 0 Å². The zero-order valence-corrected chi connectivity index (χ0v) is 8.63. The molecule has 0 nitrogen and oxygen atoms in total. The molecule has 0 aliphatic heterocycles. The maximum Gasteiger partial charge on any atom is -0.0279 e. The van der Waals surface area contributed by atoms with Crippen molar-refractivity contribution in [3.8, 4) is 0 Å². The van der Waals surface area contributed by atoms with Gasteiger partial charge in [-0.05, 0) is 38.2 Å². The Morgan fingerprint density at radius 1 is 1.23 bits per heavy atom. The number of unbranched alkanes of at least 4 members (excludes halogenated alkanes) is 2. The van der Waals surface area contributed by atoms with Gasteiger partial charge in [0, 0.05) is 0 Å². The topological polar surface area (TPSA) is 0 Å². The molecule has 13 heavy (non-hydrogen) atoms. The van der Waals surface area contributed by atoms with Gasteiger partial charge in [-0.1, -0.05) is 43.5 Å². The Bertz CT molecular complexity index is 194. The standard InChI is InChI=1S/C13H20/c1-4-7-8-9-10-12-13(6-3)11-5-2/h4-7,11H,2-3,8-10,12H2,1H3/b7-4+,13-11+. The van der Waals surface area contributed by atoms with Crippen LogP contribution in [0.1, 0.15) is 32.6 Å². The minimum Gasteiger partial charge on any atom is -0.0991 e. The fraction of sp³-hybridized carbons (Fsp3) is 0.385. The van der Waals surface area contributed by atoms with Gasteiger partial charge < -0.3 is 0 Å². The second-order valence-corrected chi connectivity index (χ2v) is 3.00. The van der Waals surface area contributed by atoms with Crippen molar-refractivity contribution in [2.24, 2.45) is 0 Å². The van der Waals surface area contributed by atoms with Crippen LogP contribution in [0.3, 0.4) is 0 Å². The highest BCUT2D eigenvalue weighted by Crippen LogP contribution is 2.10. The van der Waals surface area contributed by atoms with E-state index in [1.807, 2.05) is 18.2 Å². The van der Waals surface area contributed by atoms with Crippen LogP contribution < -0.4 is 0 Å². The van der Waals surface area contributed by atoms with Gasteiger partial charge in [0.2, 0.25) is 0 Å². The lowest BCUT2D eigenvalue weighted by molar-refractivity contribution is 0.749. The van der Waals surface area contributed by atoms with E-state index in [4.69, 9.17) is 0 Å². The summed E-state index contributed by atoms with van der Waals surface area (Å²) in [6.45, 7) is 9.50. The predicted octanol–water partition coefficient (Wildman–Crippen LogP) is 4.42. The summed E-state index contributed by atoms with van der Waals surface area (Å²) in [5, 5.41) is 0. The van der Waals surface area contributed by atoms with Crippen molar-refractivity contribution in [2.75, 3.05) is 0 Å². The summed E-state index contributed by atoms with van der Waals surface area (Å²) >= 11 is 0. The second kappa shape index (κ2) is 9.05. The molecule has 0 unspecified atom stereocenters. The fourth-order valence-corrected chi connectivity index (χ4v) is 1.16. The zero-order valence-electron chi connectivity index (χ0n) is 8.63. The third-order valence-corrected chi connectivity index (χ3v) is 1.92. The smallest absolute Gasteiger partial charge is 0.0279 e. The van der Waals surface area contributed by atoms with Crippen molar-refractivity contribution in [1.29, 1.82) is 0 Å². The first-order chi connectivity index (χ1) is 6.35. The summed E-state index contributed by atoms with van der Waals surface area (Å²) in [4.78, 5) is 0. The first-order valence-electron chi connectivity index (χ1n) is 4.90. The highest BCUT2D eigenvalue weighted by molar-refractivity contribution is 5.20. The van der Waals surface area contributed by atoms with Crippen LogP contribution in [0.25, 0.3) is 0 Å². The molecule has 0 atom stereocenters. The Labute approximate surface area is 82.4 Å². The molecule has 0 rings (SSSR count). The van der Waals surface area contributed by atoms with Gasteiger partial charge in [0.15, 0.2) is 0 Å². The van der Waals surface area contributed by atoms with E-state index in [9.17, 15) is 0 Å². The average Bonchev–Trinajstić information content (AvgIpc) is 2.16. The van der Waals surface area contributed by atoms with E-state index in [0.717, 1.165) is 6.42 Å². The number of allylic oxidation sites excluding steroid dienone is 6. The average molecular weight is 176 g/mol. The summed E-state index contributed by atoms with van der Waals surface area (Å²) in [6, 6.07) is 0. The third kappa shape index (κ3) is 7.32. The van der Waals surface area contributed by atoms with Gasteiger partial charge in [-0.3, -0.25) is 0 Å². The van der Waals surface area contributed by atoms with E-state index in [1.165, 1.54) is 24.8 Å². The van der Waals surface area contributed by atoms with E-state index < -0.39 is 0 Å². The van der Waals surface area contributed by atoms with Gasteiger partial charge in [0.05, 0.1) is 0 Å². The van der Waals surface area contributed by atoms with Crippen LogP contribution in [0.5, 0.6) is 0 Å². The number of rotatable bonds is 7. The van der Waals surface area contributed by atoms with Gasteiger partial charge in [-0.15, -0.1) is 0 Å². The molecule has 0 radical (unpaired) electrons. The Morgan fingerprint density at radius 3 is 2.54 bits per heavy atom. The van der Waals surface area contributed by atoms with Crippen molar-refractivity contribution in [2.45, 2.75) is 32.6 Å². The molecule has 0 N–H and O–H groups in total. The summed E-state index contributed by atoms with van der Waals surface area (Å²) in [7, 11) is 0. The Balaban J connectivity index is 3.55. The SMILES string of the molecule is C=C/C=C(\C=C)CCCC/C=C/C. The van der Waals surface area contributed by atoms with Crippen molar-refractivity contribution in [3.05, 3.63) is 49.1 Å². The van der Waals surface area contributed by atoms with E-state index >= 15 is 0 Å². The van der Waals surface area contributed by atoms with E-state index in [1.54, 1.807) is 0 Å². The molecule has 0 aromatic carbocycles. The largest absolute Gasteiger partial charge is 0.0991 e. The van der Waals surface area contributed by atoms with Gasteiger partial charge in [-0.2, -0.15) is 0 Å². The van der Waals surface area contributed by atoms with Gasteiger partial charge in [0.1, 0.15) is 0 Å². The molecule has 0 heteroatoms. The minimum absolute atomic E-state index is 1.12. The van der Waals surface area contributed by atoms with Crippen molar-refractivity contribution >= 4 is 0 Å². The van der Waals surface area contributed by atoms with E-state index in [0.29, 0.717) is 0 Å². The maximum absolute atomic E-state index is 3.76. The van der Waals surface area contributed by atoms with Crippen LogP contribution in [0, 0.1) is 0 Å². The van der Waals surface area contributed by atoms with Crippen molar-refractivity contribution in [3.63, 3.8) is 0 Å². The monoisotopic (exact) mass is 176 g/mol. The maximum atomic E-state index is 3.76. The normalized spacial score (nSPS) is 11.9. The molecular weight excluding hydrogens is 156 g/mol. The van der Waals surface area contributed by atoms with Crippen LogP contribution in [0.4, 0.5) is 0 Å². The van der Waals surface area contributed by atoms with Crippen LogP contribution >= 0.6 is 0 Å². The fourth-order valence-electron chi connectivity index (χ4n) is 1.16. The molecule has 0 fully saturated rings.